The summed E-state index contributed by atoms with van der Waals surface area (Å²) in [6.45, 7) is 2.60. The molecule has 0 saturated carbocycles. The van der Waals surface area contributed by atoms with Gasteiger partial charge in [0.25, 0.3) is 0 Å². The molecule has 0 spiro atoms. The van der Waals surface area contributed by atoms with Gasteiger partial charge in [0.1, 0.15) is 6.07 Å². The van der Waals surface area contributed by atoms with Gasteiger partial charge in [0.15, 0.2) is 0 Å². The Morgan fingerprint density at radius 1 is 1.61 bits per heavy atom. The summed E-state index contributed by atoms with van der Waals surface area (Å²) < 4.78 is 0. The third-order valence-electron chi connectivity index (χ3n) is 3.48. The standard InChI is InChI=1S/C13H13ClN2O2/c1-8-11(13(17)18)4-5-16(8)10-3-2-9(7-15)12(14)6-10/h2-3,6,8,11H,4-5H2,1H3,(H,17,18). The Bertz CT molecular complexity index is 524. The maximum Gasteiger partial charge on any atom is 0.308 e. The van der Waals surface area contributed by atoms with E-state index in [0.29, 0.717) is 23.6 Å². The van der Waals surface area contributed by atoms with Crippen LogP contribution in [0.2, 0.25) is 5.02 Å². The summed E-state index contributed by atoms with van der Waals surface area (Å²) in [6, 6.07) is 7.14. The van der Waals surface area contributed by atoms with E-state index in [1.165, 1.54) is 0 Å². The number of hydrogen-bond acceptors (Lipinski definition) is 3. The minimum atomic E-state index is -0.759. The van der Waals surface area contributed by atoms with E-state index < -0.39 is 5.97 Å². The number of hydrogen-bond donors (Lipinski definition) is 1. The first-order valence-corrected chi connectivity index (χ1v) is 6.11. The zero-order valence-electron chi connectivity index (χ0n) is 9.93. The van der Waals surface area contributed by atoms with Gasteiger partial charge in [0.05, 0.1) is 16.5 Å². The molecule has 18 heavy (non-hydrogen) atoms. The van der Waals surface area contributed by atoms with Crippen LogP contribution in [-0.2, 0) is 4.79 Å². The average molecular weight is 265 g/mol. The molecule has 0 radical (unpaired) electrons. The number of benzene rings is 1. The largest absolute Gasteiger partial charge is 0.481 e. The lowest BCUT2D eigenvalue weighted by Crippen LogP contribution is -2.32. The predicted octanol–water partition coefficient (Wildman–Crippen LogP) is 2.51. The first-order chi connectivity index (χ1) is 8.54. The molecule has 2 atom stereocenters. The number of rotatable bonds is 2. The second-order valence-electron chi connectivity index (χ2n) is 4.44. The fourth-order valence-electron chi connectivity index (χ4n) is 2.41. The number of anilines is 1. The third kappa shape index (κ3) is 2.14. The van der Waals surface area contributed by atoms with Crippen LogP contribution in [0.3, 0.4) is 0 Å². The molecule has 1 saturated heterocycles. The number of carbonyl (C=O) groups is 1. The van der Waals surface area contributed by atoms with Gasteiger partial charge < -0.3 is 10.0 Å². The van der Waals surface area contributed by atoms with Crippen LogP contribution in [0.25, 0.3) is 0 Å². The van der Waals surface area contributed by atoms with Gasteiger partial charge in [-0.05, 0) is 31.5 Å². The van der Waals surface area contributed by atoms with Crippen LogP contribution in [-0.4, -0.2) is 23.7 Å². The molecule has 1 aromatic rings. The third-order valence-corrected chi connectivity index (χ3v) is 3.79. The molecule has 1 N–H and O–H groups in total. The quantitative estimate of drug-likeness (QED) is 0.891. The van der Waals surface area contributed by atoms with Crippen molar-refractivity contribution in [1.29, 1.82) is 5.26 Å². The molecule has 0 amide bonds. The summed E-state index contributed by atoms with van der Waals surface area (Å²) in [6.07, 6.45) is 0.633. The van der Waals surface area contributed by atoms with E-state index in [9.17, 15) is 4.79 Å². The van der Waals surface area contributed by atoms with Crippen LogP contribution < -0.4 is 4.90 Å². The topological polar surface area (TPSA) is 64.3 Å². The van der Waals surface area contributed by atoms with Crippen molar-refractivity contribution in [2.45, 2.75) is 19.4 Å². The fourth-order valence-corrected chi connectivity index (χ4v) is 2.62. The second-order valence-corrected chi connectivity index (χ2v) is 4.85. The number of nitrogens with zero attached hydrogens (tertiary/aromatic N) is 2. The molecule has 1 aromatic carbocycles. The van der Waals surface area contributed by atoms with Gasteiger partial charge >= 0.3 is 5.97 Å². The number of carboxylic acids is 1. The van der Waals surface area contributed by atoms with Crippen molar-refractivity contribution >= 4 is 23.3 Å². The van der Waals surface area contributed by atoms with Crippen molar-refractivity contribution in [3.8, 4) is 6.07 Å². The average Bonchev–Trinajstić information content (AvgIpc) is 2.71. The number of aliphatic carboxylic acids is 1. The van der Waals surface area contributed by atoms with Crippen molar-refractivity contribution < 1.29 is 9.90 Å². The van der Waals surface area contributed by atoms with Crippen molar-refractivity contribution in [3.63, 3.8) is 0 Å². The lowest BCUT2D eigenvalue weighted by atomic mass is 10.0. The van der Waals surface area contributed by atoms with Crippen molar-refractivity contribution in [1.82, 2.24) is 0 Å². The normalized spacial score (nSPS) is 22.8. The Balaban J connectivity index is 2.26. The second kappa shape index (κ2) is 4.87. The van der Waals surface area contributed by atoms with E-state index in [1.807, 2.05) is 24.0 Å². The van der Waals surface area contributed by atoms with Crippen LogP contribution in [0, 0.1) is 17.2 Å². The highest BCUT2D eigenvalue weighted by atomic mass is 35.5. The Morgan fingerprint density at radius 3 is 2.83 bits per heavy atom. The SMILES string of the molecule is CC1C(C(=O)O)CCN1c1ccc(C#N)c(Cl)c1. The summed E-state index contributed by atoms with van der Waals surface area (Å²) in [5.41, 5.74) is 1.30. The Labute approximate surface area is 110 Å². The van der Waals surface area contributed by atoms with Gasteiger partial charge in [-0.15, -0.1) is 0 Å². The lowest BCUT2D eigenvalue weighted by molar-refractivity contribution is -0.141. The van der Waals surface area contributed by atoms with E-state index in [-0.39, 0.29) is 12.0 Å². The molecule has 5 heteroatoms. The van der Waals surface area contributed by atoms with E-state index in [2.05, 4.69) is 0 Å². The zero-order chi connectivity index (χ0) is 13.3. The van der Waals surface area contributed by atoms with E-state index in [0.717, 1.165) is 5.69 Å². The van der Waals surface area contributed by atoms with Crippen LogP contribution >= 0.6 is 11.6 Å². The van der Waals surface area contributed by atoms with Crippen LogP contribution in [0.5, 0.6) is 0 Å². The first kappa shape index (κ1) is 12.7. The van der Waals surface area contributed by atoms with Crippen LogP contribution in [0.15, 0.2) is 18.2 Å². The number of carboxylic acid groups (broad SMARTS) is 1. The maximum atomic E-state index is 11.1. The molecule has 1 aliphatic rings. The van der Waals surface area contributed by atoms with Gasteiger partial charge in [-0.2, -0.15) is 5.26 Å². The highest BCUT2D eigenvalue weighted by Gasteiger charge is 2.35. The van der Waals surface area contributed by atoms with Gasteiger partial charge in [-0.25, -0.2) is 0 Å². The summed E-state index contributed by atoms with van der Waals surface area (Å²) in [7, 11) is 0. The minimum absolute atomic E-state index is 0.0634. The van der Waals surface area contributed by atoms with Gasteiger partial charge in [0, 0.05) is 18.3 Å². The molecule has 1 fully saturated rings. The molecule has 1 aliphatic heterocycles. The number of halogens is 1. The molecular weight excluding hydrogens is 252 g/mol. The molecule has 1 heterocycles. The minimum Gasteiger partial charge on any atom is -0.481 e. The monoisotopic (exact) mass is 264 g/mol. The van der Waals surface area contributed by atoms with E-state index in [4.69, 9.17) is 22.0 Å². The van der Waals surface area contributed by atoms with Crippen molar-refractivity contribution in [2.24, 2.45) is 5.92 Å². The van der Waals surface area contributed by atoms with Crippen LogP contribution in [0.4, 0.5) is 5.69 Å². The highest BCUT2D eigenvalue weighted by molar-refractivity contribution is 6.32. The molecule has 0 bridgehead atoms. The zero-order valence-corrected chi connectivity index (χ0v) is 10.7. The van der Waals surface area contributed by atoms with Crippen molar-refractivity contribution in [2.75, 3.05) is 11.4 Å². The molecule has 2 rings (SSSR count). The van der Waals surface area contributed by atoms with Crippen molar-refractivity contribution in [3.05, 3.63) is 28.8 Å². The summed E-state index contributed by atoms with van der Waals surface area (Å²) >= 11 is 5.99. The molecule has 0 aromatic heterocycles. The number of nitriles is 1. The van der Waals surface area contributed by atoms with Gasteiger partial charge in [-0.1, -0.05) is 11.6 Å². The molecule has 4 nitrogen and oxygen atoms in total. The predicted molar refractivity (Wildman–Crippen MR) is 68.7 cm³/mol. The molecule has 2 unspecified atom stereocenters. The van der Waals surface area contributed by atoms with Gasteiger partial charge in [-0.3, -0.25) is 4.79 Å². The lowest BCUT2D eigenvalue weighted by Gasteiger charge is -2.25. The Morgan fingerprint density at radius 2 is 2.33 bits per heavy atom. The molecule has 94 valence electrons. The Kier molecular flexibility index (Phi) is 3.44. The Hall–Kier alpha value is -1.73. The van der Waals surface area contributed by atoms with Gasteiger partial charge in [0.2, 0.25) is 0 Å². The summed E-state index contributed by atoms with van der Waals surface area (Å²) in [4.78, 5) is 13.1. The fraction of sp³-hybridized carbons (Fsp3) is 0.385. The summed E-state index contributed by atoms with van der Waals surface area (Å²) in [5.74, 6) is -1.11. The first-order valence-electron chi connectivity index (χ1n) is 5.73. The van der Waals surface area contributed by atoms with Crippen LogP contribution in [0.1, 0.15) is 18.9 Å². The molecular formula is C13H13ClN2O2. The van der Waals surface area contributed by atoms with E-state index >= 15 is 0 Å². The molecule has 0 aliphatic carbocycles. The highest BCUT2D eigenvalue weighted by Crippen LogP contribution is 2.32. The van der Waals surface area contributed by atoms with E-state index in [1.54, 1.807) is 12.1 Å². The maximum absolute atomic E-state index is 11.1. The summed E-state index contributed by atoms with van der Waals surface area (Å²) in [5, 5.41) is 18.3. The smallest absolute Gasteiger partial charge is 0.308 e.